The molecule has 25 heavy (non-hydrogen) atoms. The number of hydrogen-bond acceptors (Lipinski definition) is 6. The maximum absolute atomic E-state index is 11.6. The standard InChI is InChI=1S/C19H14O6/c1-4-17(20)23-13-8-7-12-9-14(24-18(21)5-2)11-16(15(12)10-13)25-19(22)6-3/h4-11H,1-3H2. The second-order valence-corrected chi connectivity index (χ2v) is 4.68. The highest BCUT2D eigenvalue weighted by Crippen LogP contribution is 2.34. The average molecular weight is 338 g/mol. The van der Waals surface area contributed by atoms with Gasteiger partial charge in [0.05, 0.1) is 0 Å². The second-order valence-electron chi connectivity index (χ2n) is 4.68. The largest absolute Gasteiger partial charge is 0.423 e. The molecule has 0 spiro atoms. The van der Waals surface area contributed by atoms with Gasteiger partial charge in [0.15, 0.2) is 0 Å². The third kappa shape index (κ3) is 4.42. The Hall–Kier alpha value is -3.67. The molecule has 6 nitrogen and oxygen atoms in total. The smallest absolute Gasteiger partial charge is 0.335 e. The molecule has 0 atom stereocenters. The third-order valence-corrected chi connectivity index (χ3v) is 3.01. The van der Waals surface area contributed by atoms with Gasteiger partial charge in [-0.05, 0) is 23.6 Å². The van der Waals surface area contributed by atoms with Gasteiger partial charge in [-0.3, -0.25) is 0 Å². The molecule has 0 saturated carbocycles. The first kappa shape index (κ1) is 17.7. The van der Waals surface area contributed by atoms with Gasteiger partial charge in [0.1, 0.15) is 17.2 Å². The van der Waals surface area contributed by atoms with Gasteiger partial charge < -0.3 is 14.2 Å². The molecule has 2 rings (SSSR count). The van der Waals surface area contributed by atoms with Gasteiger partial charge in [-0.2, -0.15) is 0 Å². The van der Waals surface area contributed by atoms with E-state index < -0.39 is 17.9 Å². The highest BCUT2D eigenvalue weighted by Gasteiger charge is 2.12. The highest BCUT2D eigenvalue weighted by atomic mass is 16.5. The molecule has 0 amide bonds. The summed E-state index contributed by atoms with van der Waals surface area (Å²) in [5, 5.41) is 1.07. The summed E-state index contributed by atoms with van der Waals surface area (Å²) >= 11 is 0. The Morgan fingerprint density at radius 3 is 1.88 bits per heavy atom. The third-order valence-electron chi connectivity index (χ3n) is 3.01. The Labute approximate surface area is 143 Å². The molecule has 0 aliphatic heterocycles. The van der Waals surface area contributed by atoms with Crippen LogP contribution in [-0.4, -0.2) is 17.9 Å². The van der Waals surface area contributed by atoms with Gasteiger partial charge in [-0.1, -0.05) is 25.8 Å². The van der Waals surface area contributed by atoms with Crippen molar-refractivity contribution in [3.05, 3.63) is 68.3 Å². The summed E-state index contributed by atoms with van der Waals surface area (Å²) in [4.78, 5) is 34.3. The first-order chi connectivity index (χ1) is 12.0. The summed E-state index contributed by atoms with van der Waals surface area (Å²) in [7, 11) is 0. The van der Waals surface area contributed by atoms with Gasteiger partial charge in [-0.15, -0.1) is 0 Å². The van der Waals surface area contributed by atoms with E-state index >= 15 is 0 Å². The van der Waals surface area contributed by atoms with E-state index in [1.807, 2.05) is 0 Å². The van der Waals surface area contributed by atoms with Crippen molar-refractivity contribution in [3.63, 3.8) is 0 Å². The van der Waals surface area contributed by atoms with Gasteiger partial charge in [0, 0.05) is 29.7 Å². The fraction of sp³-hybridized carbons (Fsp3) is 0. The minimum absolute atomic E-state index is 0.116. The topological polar surface area (TPSA) is 78.9 Å². The molecule has 0 saturated heterocycles. The fourth-order valence-electron chi connectivity index (χ4n) is 1.95. The van der Waals surface area contributed by atoms with E-state index in [2.05, 4.69) is 19.7 Å². The van der Waals surface area contributed by atoms with Gasteiger partial charge in [0.25, 0.3) is 0 Å². The zero-order valence-electron chi connectivity index (χ0n) is 13.2. The van der Waals surface area contributed by atoms with Crippen LogP contribution in [0.1, 0.15) is 0 Å². The van der Waals surface area contributed by atoms with E-state index in [1.54, 1.807) is 18.2 Å². The van der Waals surface area contributed by atoms with Gasteiger partial charge in [0.2, 0.25) is 0 Å². The van der Waals surface area contributed by atoms with Crippen LogP contribution >= 0.6 is 0 Å². The number of fused-ring (bicyclic) bond motifs is 1. The number of rotatable bonds is 6. The Morgan fingerprint density at radius 1 is 0.720 bits per heavy atom. The van der Waals surface area contributed by atoms with Crippen LogP contribution in [0.4, 0.5) is 0 Å². The summed E-state index contributed by atoms with van der Waals surface area (Å²) in [5.74, 6) is -1.45. The molecule has 6 heteroatoms. The summed E-state index contributed by atoms with van der Waals surface area (Å²) in [6, 6.07) is 7.62. The first-order valence-electron chi connectivity index (χ1n) is 7.07. The molecule has 0 fully saturated rings. The maximum Gasteiger partial charge on any atom is 0.335 e. The Bertz CT molecular complexity index is 894. The minimum Gasteiger partial charge on any atom is -0.423 e. The maximum atomic E-state index is 11.6. The van der Waals surface area contributed by atoms with Crippen molar-refractivity contribution in [1.82, 2.24) is 0 Å². The van der Waals surface area contributed by atoms with Crippen molar-refractivity contribution in [2.45, 2.75) is 0 Å². The zero-order chi connectivity index (χ0) is 18.4. The Morgan fingerprint density at radius 2 is 1.28 bits per heavy atom. The number of carbonyl (C=O) groups excluding carboxylic acids is 3. The van der Waals surface area contributed by atoms with Crippen LogP contribution in [0.2, 0.25) is 0 Å². The van der Waals surface area contributed by atoms with Crippen molar-refractivity contribution < 1.29 is 28.6 Å². The predicted octanol–water partition coefficient (Wildman–Crippen LogP) is 3.11. The number of hydrogen-bond donors (Lipinski definition) is 0. The highest BCUT2D eigenvalue weighted by molar-refractivity contribution is 5.95. The molecule has 2 aromatic rings. The van der Waals surface area contributed by atoms with Crippen molar-refractivity contribution in [2.75, 3.05) is 0 Å². The molecule has 0 aliphatic carbocycles. The lowest BCUT2D eigenvalue weighted by molar-refractivity contribution is -0.130. The predicted molar refractivity (Wildman–Crippen MR) is 91.4 cm³/mol. The van der Waals surface area contributed by atoms with Gasteiger partial charge in [-0.25, -0.2) is 14.4 Å². The fourth-order valence-corrected chi connectivity index (χ4v) is 1.95. The summed E-state index contributed by atoms with van der Waals surface area (Å²) in [6.45, 7) is 9.98. The molecule has 0 bridgehead atoms. The van der Waals surface area contributed by atoms with Crippen LogP contribution < -0.4 is 14.2 Å². The lowest BCUT2D eigenvalue weighted by Gasteiger charge is -2.11. The molecular weight excluding hydrogens is 324 g/mol. The molecule has 0 aromatic heterocycles. The number of ether oxygens (including phenoxy) is 3. The molecule has 0 heterocycles. The molecule has 2 aromatic carbocycles. The number of benzene rings is 2. The molecule has 0 N–H and O–H groups in total. The normalized spacial score (nSPS) is 9.76. The number of carbonyl (C=O) groups is 3. The first-order valence-corrected chi connectivity index (χ1v) is 7.07. The van der Waals surface area contributed by atoms with Crippen molar-refractivity contribution in [2.24, 2.45) is 0 Å². The van der Waals surface area contributed by atoms with Crippen LogP contribution in [-0.2, 0) is 14.4 Å². The monoisotopic (exact) mass is 338 g/mol. The number of esters is 3. The SMILES string of the molecule is C=CC(=O)Oc1cc(OC(=O)C=C)c2cc(OC(=O)C=C)ccc2c1. The van der Waals surface area contributed by atoms with E-state index in [0.717, 1.165) is 18.2 Å². The van der Waals surface area contributed by atoms with Crippen molar-refractivity contribution in [3.8, 4) is 17.2 Å². The lowest BCUT2D eigenvalue weighted by Crippen LogP contribution is -2.07. The summed E-state index contributed by atoms with van der Waals surface area (Å²) in [6.07, 6.45) is 3.04. The molecule has 0 radical (unpaired) electrons. The van der Waals surface area contributed by atoms with Crippen molar-refractivity contribution in [1.29, 1.82) is 0 Å². The van der Waals surface area contributed by atoms with Crippen molar-refractivity contribution >= 4 is 28.7 Å². The Balaban J connectivity index is 2.54. The van der Waals surface area contributed by atoms with E-state index in [0.29, 0.717) is 10.8 Å². The Kier molecular flexibility index (Phi) is 5.47. The molecular formula is C19H14O6. The van der Waals surface area contributed by atoms with Crippen LogP contribution in [0.15, 0.2) is 68.3 Å². The van der Waals surface area contributed by atoms with Crippen LogP contribution in [0.25, 0.3) is 10.8 Å². The van der Waals surface area contributed by atoms with Crippen LogP contribution in [0.5, 0.6) is 17.2 Å². The minimum atomic E-state index is -0.693. The average Bonchev–Trinajstić information content (AvgIpc) is 2.61. The van der Waals surface area contributed by atoms with Gasteiger partial charge >= 0.3 is 17.9 Å². The van der Waals surface area contributed by atoms with E-state index in [-0.39, 0.29) is 17.2 Å². The van der Waals surface area contributed by atoms with Crippen LogP contribution in [0.3, 0.4) is 0 Å². The van der Waals surface area contributed by atoms with Crippen LogP contribution in [0, 0.1) is 0 Å². The van der Waals surface area contributed by atoms with E-state index in [9.17, 15) is 14.4 Å². The quantitative estimate of drug-likeness (QED) is 0.457. The second kappa shape index (κ2) is 7.74. The molecule has 0 unspecified atom stereocenters. The molecule has 126 valence electrons. The van der Waals surface area contributed by atoms with E-state index in [4.69, 9.17) is 14.2 Å². The summed E-state index contributed by atoms with van der Waals surface area (Å²) in [5.41, 5.74) is 0. The molecule has 0 aliphatic rings. The lowest BCUT2D eigenvalue weighted by atomic mass is 10.1. The van der Waals surface area contributed by atoms with E-state index in [1.165, 1.54) is 12.1 Å². The summed E-state index contributed by atoms with van der Waals surface area (Å²) < 4.78 is 15.3. The zero-order valence-corrected chi connectivity index (χ0v) is 13.2.